The van der Waals surface area contributed by atoms with E-state index in [-0.39, 0.29) is 0 Å². The van der Waals surface area contributed by atoms with Gasteiger partial charge in [-0.25, -0.2) is 9.97 Å². The Morgan fingerprint density at radius 2 is 2.45 bits per heavy atom. The van der Waals surface area contributed by atoms with E-state index in [0.717, 1.165) is 36.6 Å². The smallest absolute Gasteiger partial charge is 0.162 e. The third-order valence-corrected chi connectivity index (χ3v) is 1.87. The van der Waals surface area contributed by atoms with E-state index in [9.17, 15) is 0 Å². The monoisotopic (exact) mass is 150 g/mol. The molecule has 0 bridgehead atoms. The number of ether oxygens (including phenoxy) is 1. The number of rotatable bonds is 1. The normalized spacial score (nSPS) is 14.3. The average molecular weight is 150 g/mol. The van der Waals surface area contributed by atoms with Crippen molar-refractivity contribution >= 4 is 0 Å². The van der Waals surface area contributed by atoms with Crippen LogP contribution in [0.25, 0.3) is 0 Å². The van der Waals surface area contributed by atoms with Gasteiger partial charge in [0.05, 0.1) is 18.0 Å². The minimum absolute atomic E-state index is 0.765. The molecular weight excluding hydrogens is 140 g/mol. The lowest BCUT2D eigenvalue weighted by molar-refractivity contribution is 0.352. The molecule has 58 valence electrons. The van der Waals surface area contributed by atoms with Crippen LogP contribution in [-0.2, 0) is 12.8 Å². The molecule has 11 heavy (non-hydrogen) atoms. The van der Waals surface area contributed by atoms with Crippen molar-refractivity contribution in [2.24, 2.45) is 0 Å². The zero-order valence-corrected chi connectivity index (χ0v) is 6.50. The van der Waals surface area contributed by atoms with E-state index in [0.29, 0.717) is 0 Å². The Balaban J connectivity index is 2.50. The second-order valence-corrected chi connectivity index (χ2v) is 2.55. The van der Waals surface area contributed by atoms with Gasteiger partial charge in [0.1, 0.15) is 6.33 Å². The maximum Gasteiger partial charge on any atom is 0.162 e. The van der Waals surface area contributed by atoms with Gasteiger partial charge in [0, 0.05) is 6.42 Å². The van der Waals surface area contributed by atoms with Gasteiger partial charge < -0.3 is 4.74 Å². The minimum Gasteiger partial charge on any atom is -0.489 e. The Hall–Kier alpha value is -1.12. The molecule has 0 N–H and O–H groups in total. The summed E-state index contributed by atoms with van der Waals surface area (Å²) in [5.41, 5.74) is 2.10. The number of hydrogen-bond donors (Lipinski definition) is 0. The fourth-order valence-corrected chi connectivity index (χ4v) is 1.30. The summed E-state index contributed by atoms with van der Waals surface area (Å²) in [6, 6.07) is 0. The van der Waals surface area contributed by atoms with Gasteiger partial charge in [-0.2, -0.15) is 0 Å². The molecule has 1 aliphatic rings. The van der Waals surface area contributed by atoms with Crippen LogP contribution in [0.1, 0.15) is 18.3 Å². The lowest BCUT2D eigenvalue weighted by Crippen LogP contribution is -1.94. The minimum atomic E-state index is 0.765. The molecule has 0 saturated heterocycles. The van der Waals surface area contributed by atoms with Crippen LogP contribution in [0.3, 0.4) is 0 Å². The second-order valence-electron chi connectivity index (χ2n) is 2.55. The van der Waals surface area contributed by atoms with Gasteiger partial charge in [-0.05, 0) is 6.42 Å². The van der Waals surface area contributed by atoms with Crippen LogP contribution in [0.2, 0.25) is 0 Å². The van der Waals surface area contributed by atoms with Crippen molar-refractivity contribution in [3.63, 3.8) is 0 Å². The van der Waals surface area contributed by atoms with Crippen LogP contribution in [0.15, 0.2) is 6.33 Å². The third kappa shape index (κ3) is 0.964. The molecule has 1 aromatic heterocycles. The summed E-state index contributed by atoms with van der Waals surface area (Å²) in [5.74, 6) is 0.926. The van der Waals surface area contributed by atoms with Crippen LogP contribution in [0, 0.1) is 0 Å². The zero-order chi connectivity index (χ0) is 7.68. The molecule has 3 nitrogen and oxygen atoms in total. The van der Waals surface area contributed by atoms with Gasteiger partial charge >= 0.3 is 0 Å². The molecule has 0 fully saturated rings. The highest BCUT2D eigenvalue weighted by molar-refractivity contribution is 5.34. The summed E-state index contributed by atoms with van der Waals surface area (Å²) in [7, 11) is 0. The maximum absolute atomic E-state index is 5.40. The molecule has 0 aromatic carbocycles. The molecule has 1 aromatic rings. The van der Waals surface area contributed by atoms with E-state index in [1.54, 1.807) is 6.33 Å². The molecule has 0 amide bonds. The molecule has 3 heteroatoms. The Labute approximate surface area is 65.4 Å². The van der Waals surface area contributed by atoms with E-state index in [1.807, 2.05) is 0 Å². The highest BCUT2D eigenvalue weighted by Crippen LogP contribution is 2.25. The first-order valence-corrected chi connectivity index (χ1v) is 3.87. The van der Waals surface area contributed by atoms with E-state index in [4.69, 9.17) is 4.74 Å². The highest BCUT2D eigenvalue weighted by atomic mass is 16.5. The summed E-state index contributed by atoms with van der Waals surface area (Å²) in [6.45, 7) is 2.84. The van der Waals surface area contributed by atoms with Crippen molar-refractivity contribution in [2.45, 2.75) is 19.8 Å². The molecular formula is C8H10N2O. The molecule has 0 spiro atoms. The number of aryl methyl sites for hydroxylation is 1. The lowest BCUT2D eigenvalue weighted by Gasteiger charge is -2.01. The summed E-state index contributed by atoms with van der Waals surface area (Å²) >= 11 is 0. The summed E-state index contributed by atoms with van der Waals surface area (Å²) in [6.07, 6.45) is 3.47. The fourth-order valence-electron chi connectivity index (χ4n) is 1.30. The van der Waals surface area contributed by atoms with E-state index in [1.165, 1.54) is 0 Å². The van der Waals surface area contributed by atoms with Gasteiger partial charge in [0.25, 0.3) is 0 Å². The predicted octanol–water partition coefficient (Wildman–Crippen LogP) is 0.974. The van der Waals surface area contributed by atoms with Crippen LogP contribution in [0.5, 0.6) is 5.75 Å². The van der Waals surface area contributed by atoms with Gasteiger partial charge in [-0.1, -0.05) is 6.92 Å². The van der Waals surface area contributed by atoms with Crippen LogP contribution < -0.4 is 4.74 Å². The predicted molar refractivity (Wildman–Crippen MR) is 40.6 cm³/mol. The molecule has 2 rings (SSSR count). The number of nitrogens with zero attached hydrogens (tertiary/aromatic N) is 2. The molecule has 0 unspecified atom stereocenters. The van der Waals surface area contributed by atoms with E-state index in [2.05, 4.69) is 16.9 Å². The summed E-state index contributed by atoms with van der Waals surface area (Å²) < 4.78 is 5.40. The Kier molecular flexibility index (Phi) is 1.49. The van der Waals surface area contributed by atoms with Crippen LogP contribution in [0.4, 0.5) is 0 Å². The van der Waals surface area contributed by atoms with Crippen molar-refractivity contribution in [3.8, 4) is 5.75 Å². The number of aromatic nitrogens is 2. The standard InChI is InChI=1S/C8H10N2O/c1-2-6-8-7(3-4-11-8)10-5-9-6/h5H,2-4H2,1H3. The summed E-state index contributed by atoms with van der Waals surface area (Å²) in [5, 5.41) is 0. The zero-order valence-electron chi connectivity index (χ0n) is 6.50. The van der Waals surface area contributed by atoms with Crippen LogP contribution >= 0.6 is 0 Å². The first-order chi connectivity index (χ1) is 5.42. The van der Waals surface area contributed by atoms with E-state index >= 15 is 0 Å². The SMILES string of the molecule is CCc1ncnc2c1OCC2. The van der Waals surface area contributed by atoms with Crippen molar-refractivity contribution in [2.75, 3.05) is 6.61 Å². The molecule has 0 aliphatic carbocycles. The Bertz CT molecular complexity index is 273. The van der Waals surface area contributed by atoms with E-state index < -0.39 is 0 Å². The van der Waals surface area contributed by atoms with Gasteiger partial charge in [-0.15, -0.1) is 0 Å². The number of fused-ring (bicyclic) bond motifs is 1. The van der Waals surface area contributed by atoms with Crippen molar-refractivity contribution in [3.05, 3.63) is 17.7 Å². The maximum atomic E-state index is 5.40. The molecule has 0 atom stereocenters. The molecule has 2 heterocycles. The Morgan fingerprint density at radius 3 is 3.27 bits per heavy atom. The fraction of sp³-hybridized carbons (Fsp3) is 0.500. The first kappa shape index (κ1) is 6.58. The van der Waals surface area contributed by atoms with Crippen LogP contribution in [-0.4, -0.2) is 16.6 Å². The highest BCUT2D eigenvalue weighted by Gasteiger charge is 2.16. The van der Waals surface area contributed by atoms with Crippen molar-refractivity contribution < 1.29 is 4.74 Å². The molecule has 1 aliphatic heterocycles. The second kappa shape index (κ2) is 2.49. The summed E-state index contributed by atoms with van der Waals surface area (Å²) in [4.78, 5) is 8.26. The van der Waals surface area contributed by atoms with Gasteiger partial charge in [0.2, 0.25) is 0 Å². The largest absolute Gasteiger partial charge is 0.489 e. The van der Waals surface area contributed by atoms with Crippen molar-refractivity contribution in [1.82, 2.24) is 9.97 Å². The first-order valence-electron chi connectivity index (χ1n) is 3.87. The Morgan fingerprint density at radius 1 is 1.55 bits per heavy atom. The molecule has 0 saturated carbocycles. The third-order valence-electron chi connectivity index (χ3n) is 1.87. The average Bonchev–Trinajstić information content (AvgIpc) is 2.50. The lowest BCUT2D eigenvalue weighted by atomic mass is 10.2. The number of hydrogen-bond acceptors (Lipinski definition) is 3. The van der Waals surface area contributed by atoms with Crippen molar-refractivity contribution in [1.29, 1.82) is 0 Å². The van der Waals surface area contributed by atoms with Gasteiger partial charge in [0.15, 0.2) is 5.75 Å². The molecule has 0 radical (unpaired) electrons. The topological polar surface area (TPSA) is 35.0 Å². The van der Waals surface area contributed by atoms with Gasteiger partial charge in [-0.3, -0.25) is 0 Å². The quantitative estimate of drug-likeness (QED) is 0.598.